The van der Waals surface area contributed by atoms with Crippen molar-refractivity contribution in [2.75, 3.05) is 6.61 Å². The van der Waals surface area contributed by atoms with E-state index in [1.807, 2.05) is 44.2 Å². The second-order valence-electron chi connectivity index (χ2n) is 6.03. The van der Waals surface area contributed by atoms with Gasteiger partial charge in [-0.15, -0.1) is 0 Å². The Morgan fingerprint density at radius 3 is 2.33 bits per heavy atom. The first kappa shape index (κ1) is 17.2. The number of benzene rings is 1. The summed E-state index contributed by atoms with van der Waals surface area (Å²) in [5, 5.41) is 9.74. The Hall–Kier alpha value is -1.82. The molecule has 1 unspecified atom stereocenters. The molecule has 0 radical (unpaired) electrons. The van der Waals surface area contributed by atoms with E-state index >= 15 is 0 Å². The fraction of sp³-hybridized carbons (Fsp3) is 0.556. The van der Waals surface area contributed by atoms with Crippen LogP contribution in [0.4, 0.5) is 0 Å². The molecule has 0 N–H and O–H groups in total. The number of carbonyl (C=O) groups excluding carboxylic acids is 1. The zero-order chi connectivity index (χ0) is 15.9. The van der Waals surface area contributed by atoms with Crippen molar-refractivity contribution in [1.82, 2.24) is 0 Å². The fourth-order valence-corrected chi connectivity index (χ4v) is 2.44. The van der Waals surface area contributed by atoms with E-state index in [9.17, 15) is 10.1 Å². The van der Waals surface area contributed by atoms with Gasteiger partial charge in [-0.3, -0.25) is 4.79 Å². The summed E-state index contributed by atoms with van der Waals surface area (Å²) in [6, 6.07) is 12.4. The maximum absolute atomic E-state index is 11.5. The zero-order valence-corrected chi connectivity index (χ0v) is 13.4. The smallest absolute Gasteiger partial charge is 0.308 e. The molecule has 1 atom stereocenters. The molecule has 0 amide bonds. The van der Waals surface area contributed by atoms with Crippen molar-refractivity contribution in [1.29, 1.82) is 5.26 Å². The van der Waals surface area contributed by atoms with E-state index in [-0.39, 0.29) is 17.8 Å². The minimum Gasteiger partial charge on any atom is -0.465 e. The standard InChI is InChI=1S/C18H25NO2/c1-14(2)17(20)21-12-8-11-18(13-19,15(3)4)16-9-6-5-7-10-16/h5-7,9-10,14-15H,8,11-12H2,1-4H3. The number of carbonyl (C=O) groups is 1. The van der Waals surface area contributed by atoms with E-state index < -0.39 is 5.41 Å². The van der Waals surface area contributed by atoms with Crippen molar-refractivity contribution >= 4 is 5.97 Å². The number of nitriles is 1. The SMILES string of the molecule is CC(C)C(=O)OCCCC(C#N)(c1ccccc1)C(C)C. The largest absolute Gasteiger partial charge is 0.465 e. The third kappa shape index (κ3) is 4.32. The molecule has 3 heteroatoms. The van der Waals surface area contributed by atoms with Crippen molar-refractivity contribution in [2.24, 2.45) is 11.8 Å². The lowest BCUT2D eigenvalue weighted by atomic mass is 9.70. The van der Waals surface area contributed by atoms with Gasteiger partial charge in [0, 0.05) is 0 Å². The van der Waals surface area contributed by atoms with Gasteiger partial charge in [0.05, 0.1) is 24.0 Å². The van der Waals surface area contributed by atoms with Crippen LogP contribution in [0.25, 0.3) is 0 Å². The maximum atomic E-state index is 11.5. The van der Waals surface area contributed by atoms with Crippen LogP contribution in [0.2, 0.25) is 0 Å². The van der Waals surface area contributed by atoms with Crippen LogP contribution in [0, 0.1) is 23.2 Å². The lowest BCUT2D eigenvalue weighted by molar-refractivity contribution is -0.147. The molecular weight excluding hydrogens is 262 g/mol. The van der Waals surface area contributed by atoms with Crippen LogP contribution in [0.1, 0.15) is 46.1 Å². The molecular formula is C18H25NO2. The molecule has 1 rings (SSSR count). The summed E-state index contributed by atoms with van der Waals surface area (Å²) in [6.07, 6.45) is 1.38. The van der Waals surface area contributed by atoms with Crippen molar-refractivity contribution in [3.8, 4) is 6.07 Å². The lowest BCUT2D eigenvalue weighted by Gasteiger charge is -2.31. The van der Waals surface area contributed by atoms with Gasteiger partial charge < -0.3 is 4.74 Å². The zero-order valence-electron chi connectivity index (χ0n) is 13.4. The second kappa shape index (κ2) is 7.83. The third-order valence-electron chi connectivity index (χ3n) is 3.91. The van der Waals surface area contributed by atoms with Crippen LogP contribution in [0.3, 0.4) is 0 Å². The Kier molecular flexibility index (Phi) is 6.42. The quantitative estimate of drug-likeness (QED) is 0.561. The summed E-state index contributed by atoms with van der Waals surface area (Å²) in [5.74, 6) is -0.0857. The Morgan fingerprint density at radius 2 is 1.86 bits per heavy atom. The fourth-order valence-electron chi connectivity index (χ4n) is 2.44. The van der Waals surface area contributed by atoms with Gasteiger partial charge in [-0.05, 0) is 24.3 Å². The van der Waals surface area contributed by atoms with Gasteiger partial charge in [0.25, 0.3) is 0 Å². The van der Waals surface area contributed by atoms with Crippen LogP contribution in [-0.4, -0.2) is 12.6 Å². The number of ether oxygens (including phenoxy) is 1. The Morgan fingerprint density at radius 1 is 1.24 bits per heavy atom. The normalized spacial score (nSPS) is 13.8. The number of nitrogens with zero attached hydrogens (tertiary/aromatic N) is 1. The van der Waals surface area contributed by atoms with Gasteiger partial charge in [0.15, 0.2) is 0 Å². The molecule has 21 heavy (non-hydrogen) atoms. The minimum absolute atomic E-state index is 0.107. The topological polar surface area (TPSA) is 50.1 Å². The first-order chi connectivity index (χ1) is 9.94. The first-order valence-corrected chi connectivity index (χ1v) is 7.57. The number of hydrogen-bond donors (Lipinski definition) is 0. The van der Waals surface area contributed by atoms with Crippen LogP contribution in [-0.2, 0) is 14.9 Å². The van der Waals surface area contributed by atoms with Crippen LogP contribution in [0.5, 0.6) is 0 Å². The van der Waals surface area contributed by atoms with E-state index in [1.165, 1.54) is 0 Å². The summed E-state index contributed by atoms with van der Waals surface area (Å²) in [6.45, 7) is 8.15. The first-order valence-electron chi connectivity index (χ1n) is 7.57. The van der Waals surface area contributed by atoms with Crippen LogP contribution in [0.15, 0.2) is 30.3 Å². The van der Waals surface area contributed by atoms with E-state index in [2.05, 4.69) is 19.9 Å². The van der Waals surface area contributed by atoms with Crippen molar-refractivity contribution in [3.63, 3.8) is 0 Å². The third-order valence-corrected chi connectivity index (χ3v) is 3.91. The Bertz CT molecular complexity index is 488. The highest BCUT2D eigenvalue weighted by atomic mass is 16.5. The molecule has 0 spiro atoms. The molecule has 0 heterocycles. The molecule has 114 valence electrons. The van der Waals surface area contributed by atoms with Gasteiger partial charge in [-0.2, -0.15) is 5.26 Å². The Balaban J connectivity index is 2.73. The summed E-state index contributed by atoms with van der Waals surface area (Å²) >= 11 is 0. The molecule has 1 aromatic rings. The molecule has 0 aliphatic rings. The van der Waals surface area contributed by atoms with E-state index in [4.69, 9.17) is 4.74 Å². The number of esters is 1. The van der Waals surface area contributed by atoms with Crippen molar-refractivity contribution in [3.05, 3.63) is 35.9 Å². The minimum atomic E-state index is -0.522. The van der Waals surface area contributed by atoms with Gasteiger partial charge >= 0.3 is 5.97 Å². The average Bonchev–Trinajstić information content (AvgIpc) is 2.48. The summed E-state index contributed by atoms with van der Waals surface area (Å²) in [5.41, 5.74) is 0.517. The summed E-state index contributed by atoms with van der Waals surface area (Å²) < 4.78 is 5.21. The molecule has 3 nitrogen and oxygen atoms in total. The highest BCUT2D eigenvalue weighted by molar-refractivity contribution is 5.71. The van der Waals surface area contributed by atoms with Crippen LogP contribution >= 0.6 is 0 Å². The summed E-state index contributed by atoms with van der Waals surface area (Å²) in [4.78, 5) is 11.5. The van der Waals surface area contributed by atoms with Gasteiger partial charge in [-0.25, -0.2) is 0 Å². The van der Waals surface area contributed by atoms with E-state index in [1.54, 1.807) is 0 Å². The van der Waals surface area contributed by atoms with Gasteiger partial charge in [-0.1, -0.05) is 58.0 Å². The van der Waals surface area contributed by atoms with Gasteiger partial charge in [0.2, 0.25) is 0 Å². The predicted octanol–water partition coefficient (Wildman–Crippen LogP) is 4.08. The molecule has 1 aromatic carbocycles. The molecule has 0 bridgehead atoms. The molecule has 0 aromatic heterocycles. The second-order valence-corrected chi connectivity index (χ2v) is 6.03. The molecule has 0 saturated carbocycles. The van der Waals surface area contributed by atoms with E-state index in [0.717, 1.165) is 5.56 Å². The summed E-state index contributed by atoms with van der Waals surface area (Å²) in [7, 11) is 0. The predicted molar refractivity (Wildman–Crippen MR) is 83.6 cm³/mol. The highest BCUT2D eigenvalue weighted by Crippen LogP contribution is 2.36. The molecule has 0 saturated heterocycles. The number of hydrogen-bond acceptors (Lipinski definition) is 3. The molecule has 0 aliphatic carbocycles. The Labute approximate surface area is 127 Å². The highest BCUT2D eigenvalue weighted by Gasteiger charge is 2.35. The maximum Gasteiger partial charge on any atom is 0.308 e. The monoisotopic (exact) mass is 287 g/mol. The number of rotatable bonds is 7. The van der Waals surface area contributed by atoms with Crippen molar-refractivity contribution < 1.29 is 9.53 Å². The van der Waals surface area contributed by atoms with Gasteiger partial charge in [0.1, 0.15) is 0 Å². The van der Waals surface area contributed by atoms with Crippen molar-refractivity contribution in [2.45, 2.75) is 46.0 Å². The lowest BCUT2D eigenvalue weighted by Crippen LogP contribution is -2.31. The van der Waals surface area contributed by atoms with E-state index in [0.29, 0.717) is 19.4 Å². The van der Waals surface area contributed by atoms with Crippen LogP contribution < -0.4 is 0 Å². The molecule has 0 aliphatic heterocycles. The average molecular weight is 287 g/mol. The molecule has 0 fully saturated rings.